The van der Waals surface area contributed by atoms with Gasteiger partial charge in [0.25, 0.3) is 0 Å². The molecule has 0 aliphatic heterocycles. The number of esters is 1. The zero-order valence-corrected chi connectivity index (χ0v) is 14.7. The van der Waals surface area contributed by atoms with Crippen LogP contribution in [0.1, 0.15) is 29.3 Å². The van der Waals surface area contributed by atoms with E-state index in [9.17, 15) is 14.7 Å². The summed E-state index contributed by atoms with van der Waals surface area (Å²) in [5.74, 6) is 0.0147. The van der Waals surface area contributed by atoms with Crippen molar-refractivity contribution in [2.24, 2.45) is 0 Å². The van der Waals surface area contributed by atoms with Crippen molar-refractivity contribution in [3.8, 4) is 5.75 Å². The molecule has 5 heteroatoms. The van der Waals surface area contributed by atoms with Gasteiger partial charge in [-0.3, -0.25) is 4.79 Å². The largest absolute Gasteiger partial charge is 0.491 e. The Morgan fingerprint density at radius 3 is 2.27 bits per heavy atom. The Balaban J connectivity index is 1.79. The van der Waals surface area contributed by atoms with Crippen molar-refractivity contribution in [2.45, 2.75) is 19.4 Å². The average molecular weight is 354 g/mol. The van der Waals surface area contributed by atoms with Gasteiger partial charge < -0.3 is 14.6 Å². The predicted molar refractivity (Wildman–Crippen MR) is 98.2 cm³/mol. The van der Waals surface area contributed by atoms with Crippen molar-refractivity contribution in [1.82, 2.24) is 0 Å². The molecule has 5 nitrogen and oxygen atoms in total. The lowest BCUT2D eigenvalue weighted by Gasteiger charge is -2.13. The first kappa shape index (κ1) is 19.4. The third-order valence-corrected chi connectivity index (χ3v) is 3.63. The van der Waals surface area contributed by atoms with Crippen LogP contribution in [0, 0.1) is 0 Å². The SMILES string of the molecule is C=C(C)C(=O)OCCC(O)COc1ccc(C(=O)c2ccccc2)cc1. The lowest BCUT2D eigenvalue weighted by atomic mass is 10.0. The highest BCUT2D eigenvalue weighted by Crippen LogP contribution is 2.16. The van der Waals surface area contributed by atoms with Gasteiger partial charge in [0.15, 0.2) is 5.78 Å². The number of hydrogen-bond donors (Lipinski definition) is 1. The standard InChI is InChI=1S/C21H22O5/c1-15(2)21(24)25-13-12-18(22)14-26-19-10-8-17(9-11-19)20(23)16-6-4-3-5-7-16/h3-11,18,22H,1,12-14H2,2H3. The average Bonchev–Trinajstić information content (AvgIpc) is 2.66. The van der Waals surface area contributed by atoms with Crippen LogP contribution in [0.25, 0.3) is 0 Å². The minimum atomic E-state index is -0.765. The van der Waals surface area contributed by atoms with Gasteiger partial charge in [-0.2, -0.15) is 0 Å². The minimum Gasteiger partial charge on any atom is -0.491 e. The van der Waals surface area contributed by atoms with Gasteiger partial charge in [-0.15, -0.1) is 0 Å². The van der Waals surface area contributed by atoms with Crippen LogP contribution in [0.2, 0.25) is 0 Å². The molecule has 0 amide bonds. The molecule has 1 atom stereocenters. The van der Waals surface area contributed by atoms with Gasteiger partial charge in [-0.1, -0.05) is 36.9 Å². The Morgan fingerprint density at radius 2 is 1.65 bits per heavy atom. The Bertz CT molecular complexity index is 750. The summed E-state index contributed by atoms with van der Waals surface area (Å²) in [5, 5.41) is 9.86. The molecule has 0 bridgehead atoms. The molecule has 2 aromatic rings. The minimum absolute atomic E-state index is 0.0588. The summed E-state index contributed by atoms with van der Waals surface area (Å²) in [4.78, 5) is 23.5. The maximum Gasteiger partial charge on any atom is 0.333 e. The summed E-state index contributed by atoms with van der Waals surface area (Å²) in [5.41, 5.74) is 1.51. The number of hydrogen-bond acceptors (Lipinski definition) is 5. The lowest BCUT2D eigenvalue weighted by molar-refractivity contribution is -0.139. The molecular formula is C21H22O5. The molecule has 26 heavy (non-hydrogen) atoms. The first-order valence-electron chi connectivity index (χ1n) is 8.30. The maximum atomic E-state index is 12.3. The van der Waals surface area contributed by atoms with Crippen LogP contribution < -0.4 is 4.74 Å². The Morgan fingerprint density at radius 1 is 1.04 bits per heavy atom. The van der Waals surface area contributed by atoms with Gasteiger partial charge in [0.1, 0.15) is 12.4 Å². The van der Waals surface area contributed by atoms with Crippen molar-refractivity contribution >= 4 is 11.8 Å². The summed E-state index contributed by atoms with van der Waals surface area (Å²) >= 11 is 0. The third-order valence-electron chi connectivity index (χ3n) is 3.63. The van der Waals surface area contributed by atoms with Crippen LogP contribution in [0.4, 0.5) is 0 Å². The highest BCUT2D eigenvalue weighted by Gasteiger charge is 2.10. The molecule has 1 unspecified atom stereocenters. The van der Waals surface area contributed by atoms with Crippen molar-refractivity contribution in [3.05, 3.63) is 77.9 Å². The van der Waals surface area contributed by atoms with E-state index in [4.69, 9.17) is 9.47 Å². The molecule has 0 spiro atoms. The van der Waals surface area contributed by atoms with Gasteiger partial charge in [0.05, 0.1) is 12.7 Å². The quantitative estimate of drug-likeness (QED) is 0.425. The molecular weight excluding hydrogens is 332 g/mol. The number of aliphatic hydroxyl groups is 1. The number of carbonyl (C=O) groups excluding carboxylic acids is 2. The number of aliphatic hydroxyl groups excluding tert-OH is 1. The topological polar surface area (TPSA) is 72.8 Å². The molecule has 0 radical (unpaired) electrons. The Hall–Kier alpha value is -2.92. The van der Waals surface area contributed by atoms with E-state index < -0.39 is 12.1 Å². The molecule has 0 saturated carbocycles. The van der Waals surface area contributed by atoms with E-state index >= 15 is 0 Å². The highest BCUT2D eigenvalue weighted by molar-refractivity contribution is 6.08. The monoisotopic (exact) mass is 354 g/mol. The molecule has 0 aromatic heterocycles. The summed E-state index contributed by atoms with van der Waals surface area (Å²) in [6, 6.07) is 15.8. The number of carbonyl (C=O) groups is 2. The molecule has 0 saturated heterocycles. The van der Waals surface area contributed by atoms with Crippen LogP contribution in [-0.2, 0) is 9.53 Å². The zero-order valence-electron chi connectivity index (χ0n) is 14.7. The van der Waals surface area contributed by atoms with Gasteiger partial charge in [-0.25, -0.2) is 4.79 Å². The van der Waals surface area contributed by atoms with Crippen LogP contribution >= 0.6 is 0 Å². The molecule has 0 fully saturated rings. The summed E-state index contributed by atoms with van der Waals surface area (Å²) in [6.45, 7) is 5.21. The molecule has 0 aliphatic rings. The summed E-state index contributed by atoms with van der Waals surface area (Å²) < 4.78 is 10.4. The first-order chi connectivity index (χ1) is 12.5. The van der Waals surface area contributed by atoms with Gasteiger partial charge in [0.2, 0.25) is 0 Å². The van der Waals surface area contributed by atoms with E-state index in [0.717, 1.165) is 0 Å². The number of rotatable bonds is 9. The molecule has 136 valence electrons. The van der Waals surface area contributed by atoms with Crippen LogP contribution in [0.3, 0.4) is 0 Å². The van der Waals surface area contributed by atoms with Crippen molar-refractivity contribution < 1.29 is 24.2 Å². The number of ether oxygens (including phenoxy) is 2. The number of benzene rings is 2. The zero-order chi connectivity index (χ0) is 18.9. The van der Waals surface area contributed by atoms with Crippen molar-refractivity contribution in [1.29, 1.82) is 0 Å². The van der Waals surface area contributed by atoms with Crippen LogP contribution in [-0.4, -0.2) is 36.2 Å². The number of ketones is 1. The lowest BCUT2D eigenvalue weighted by Crippen LogP contribution is -2.20. The second-order valence-electron chi connectivity index (χ2n) is 5.89. The van der Waals surface area contributed by atoms with Gasteiger partial charge in [-0.05, 0) is 31.2 Å². The normalized spacial score (nSPS) is 11.5. The maximum absolute atomic E-state index is 12.3. The Labute approximate surface area is 152 Å². The van der Waals surface area contributed by atoms with Crippen LogP contribution in [0.15, 0.2) is 66.7 Å². The summed E-state index contributed by atoms with van der Waals surface area (Å²) in [7, 11) is 0. The van der Waals surface area contributed by atoms with Gasteiger partial charge in [0, 0.05) is 23.1 Å². The van der Waals surface area contributed by atoms with Crippen LogP contribution in [0.5, 0.6) is 5.75 Å². The molecule has 2 rings (SSSR count). The highest BCUT2D eigenvalue weighted by atomic mass is 16.5. The van der Waals surface area contributed by atoms with Gasteiger partial charge >= 0.3 is 5.97 Å². The second-order valence-corrected chi connectivity index (χ2v) is 5.89. The van der Waals surface area contributed by atoms with Crippen molar-refractivity contribution in [3.63, 3.8) is 0 Å². The van der Waals surface area contributed by atoms with Crippen molar-refractivity contribution in [2.75, 3.05) is 13.2 Å². The molecule has 2 aromatic carbocycles. The molecule has 0 aliphatic carbocycles. The Kier molecular flexibility index (Phi) is 7.12. The fourth-order valence-electron chi connectivity index (χ4n) is 2.15. The molecule has 1 N–H and O–H groups in total. The molecule has 0 heterocycles. The summed E-state index contributed by atoms with van der Waals surface area (Å²) in [6.07, 6.45) is -0.498. The fourth-order valence-corrected chi connectivity index (χ4v) is 2.15. The first-order valence-corrected chi connectivity index (χ1v) is 8.30. The van der Waals surface area contributed by atoms with E-state index in [2.05, 4.69) is 6.58 Å². The fraction of sp³-hybridized carbons (Fsp3) is 0.238. The van der Waals surface area contributed by atoms with E-state index in [1.165, 1.54) is 0 Å². The van der Waals surface area contributed by atoms with E-state index in [1.54, 1.807) is 43.3 Å². The third kappa shape index (κ3) is 5.86. The van der Waals surface area contributed by atoms with E-state index in [1.807, 2.05) is 18.2 Å². The smallest absolute Gasteiger partial charge is 0.333 e. The second kappa shape index (κ2) is 9.53. The van der Waals surface area contributed by atoms with E-state index in [-0.39, 0.29) is 25.4 Å². The van der Waals surface area contributed by atoms with E-state index in [0.29, 0.717) is 22.4 Å². The predicted octanol–water partition coefficient (Wildman–Crippen LogP) is 3.17.